The predicted molar refractivity (Wildman–Crippen MR) is 60.2 cm³/mol. The van der Waals surface area contributed by atoms with Gasteiger partial charge in [0.2, 0.25) is 0 Å². The minimum atomic E-state index is -0.174. The van der Waals surface area contributed by atoms with E-state index in [0.29, 0.717) is 12.5 Å². The fraction of sp³-hybridized carbons (Fsp3) is 0.500. The van der Waals surface area contributed by atoms with Crippen molar-refractivity contribution in [1.82, 2.24) is 9.88 Å². The van der Waals surface area contributed by atoms with Gasteiger partial charge in [0.25, 0.3) is 5.91 Å². The summed E-state index contributed by atoms with van der Waals surface area (Å²) in [4.78, 5) is 17.7. The van der Waals surface area contributed by atoms with Crippen molar-refractivity contribution in [2.75, 3.05) is 13.1 Å². The Balaban J connectivity index is 2.12. The van der Waals surface area contributed by atoms with Gasteiger partial charge in [0.15, 0.2) is 5.69 Å². The highest BCUT2D eigenvalue weighted by Gasteiger charge is 2.27. The SMILES string of the molecule is CCN(CC1CC1)C(=O)c1ncccc1O. The highest BCUT2D eigenvalue weighted by atomic mass is 16.3. The van der Waals surface area contributed by atoms with Crippen molar-refractivity contribution < 1.29 is 9.90 Å². The van der Waals surface area contributed by atoms with E-state index in [1.54, 1.807) is 11.0 Å². The molecule has 0 spiro atoms. The van der Waals surface area contributed by atoms with Gasteiger partial charge in [0, 0.05) is 19.3 Å². The third kappa shape index (κ3) is 2.32. The first-order chi connectivity index (χ1) is 7.72. The fourth-order valence-corrected chi connectivity index (χ4v) is 1.68. The molecule has 0 bridgehead atoms. The molecular formula is C12H16N2O2. The minimum absolute atomic E-state index is 0.0400. The Labute approximate surface area is 94.9 Å². The lowest BCUT2D eigenvalue weighted by molar-refractivity contribution is 0.0747. The Morgan fingerprint density at radius 1 is 1.62 bits per heavy atom. The summed E-state index contributed by atoms with van der Waals surface area (Å²) in [6.07, 6.45) is 3.94. The van der Waals surface area contributed by atoms with Gasteiger partial charge < -0.3 is 10.0 Å². The Morgan fingerprint density at radius 3 is 2.94 bits per heavy atom. The molecule has 4 heteroatoms. The van der Waals surface area contributed by atoms with Gasteiger partial charge in [-0.15, -0.1) is 0 Å². The molecule has 0 aliphatic heterocycles. The third-order valence-electron chi connectivity index (χ3n) is 2.83. The average molecular weight is 220 g/mol. The van der Waals surface area contributed by atoms with Crippen LogP contribution in [-0.2, 0) is 0 Å². The number of rotatable bonds is 4. The van der Waals surface area contributed by atoms with Gasteiger partial charge in [-0.1, -0.05) is 0 Å². The zero-order valence-electron chi connectivity index (χ0n) is 9.39. The number of hydrogen-bond acceptors (Lipinski definition) is 3. The van der Waals surface area contributed by atoms with Crippen LogP contribution in [0.1, 0.15) is 30.3 Å². The maximum atomic E-state index is 12.1. The quantitative estimate of drug-likeness (QED) is 0.839. The molecule has 1 amide bonds. The van der Waals surface area contributed by atoms with Gasteiger partial charge in [-0.2, -0.15) is 0 Å². The zero-order valence-corrected chi connectivity index (χ0v) is 9.39. The van der Waals surface area contributed by atoms with Crippen LogP contribution in [0.5, 0.6) is 5.75 Å². The fourth-order valence-electron chi connectivity index (χ4n) is 1.68. The lowest BCUT2D eigenvalue weighted by Gasteiger charge is -2.20. The molecule has 4 nitrogen and oxygen atoms in total. The highest BCUT2D eigenvalue weighted by Crippen LogP contribution is 2.30. The lowest BCUT2D eigenvalue weighted by atomic mass is 10.2. The summed E-state index contributed by atoms with van der Waals surface area (Å²) >= 11 is 0. The molecule has 0 aromatic carbocycles. The number of pyridine rings is 1. The van der Waals surface area contributed by atoms with Gasteiger partial charge in [0.1, 0.15) is 5.75 Å². The predicted octanol–water partition coefficient (Wildman–Crippen LogP) is 1.66. The molecule has 1 aromatic heterocycles. The van der Waals surface area contributed by atoms with Crippen LogP contribution in [0.25, 0.3) is 0 Å². The van der Waals surface area contributed by atoms with E-state index in [1.807, 2.05) is 6.92 Å². The van der Waals surface area contributed by atoms with Gasteiger partial charge in [-0.05, 0) is 37.8 Å². The average Bonchev–Trinajstić information content (AvgIpc) is 3.09. The number of aromatic nitrogens is 1. The van der Waals surface area contributed by atoms with E-state index < -0.39 is 0 Å². The maximum absolute atomic E-state index is 12.1. The van der Waals surface area contributed by atoms with Crippen molar-refractivity contribution in [2.24, 2.45) is 5.92 Å². The van der Waals surface area contributed by atoms with Crippen molar-refractivity contribution in [2.45, 2.75) is 19.8 Å². The first kappa shape index (κ1) is 10.9. The smallest absolute Gasteiger partial charge is 0.276 e. The van der Waals surface area contributed by atoms with Crippen LogP contribution in [0.2, 0.25) is 0 Å². The third-order valence-corrected chi connectivity index (χ3v) is 2.83. The van der Waals surface area contributed by atoms with Gasteiger partial charge >= 0.3 is 0 Å². The number of hydrogen-bond donors (Lipinski definition) is 1. The summed E-state index contributed by atoms with van der Waals surface area (Å²) in [7, 11) is 0. The zero-order chi connectivity index (χ0) is 11.5. The Kier molecular flexibility index (Phi) is 3.08. The van der Waals surface area contributed by atoms with Crippen LogP contribution < -0.4 is 0 Å². The normalized spacial score (nSPS) is 14.8. The van der Waals surface area contributed by atoms with Gasteiger partial charge in [0.05, 0.1) is 0 Å². The van der Waals surface area contributed by atoms with Crippen molar-refractivity contribution in [3.63, 3.8) is 0 Å². The Morgan fingerprint density at radius 2 is 2.38 bits per heavy atom. The van der Waals surface area contributed by atoms with E-state index in [9.17, 15) is 9.90 Å². The molecule has 1 aliphatic carbocycles. The van der Waals surface area contributed by atoms with Gasteiger partial charge in [-0.25, -0.2) is 4.98 Å². The lowest BCUT2D eigenvalue weighted by Crippen LogP contribution is -2.33. The highest BCUT2D eigenvalue weighted by molar-refractivity contribution is 5.94. The van der Waals surface area contributed by atoms with E-state index in [1.165, 1.54) is 25.1 Å². The molecule has 0 unspecified atom stereocenters. The van der Waals surface area contributed by atoms with Crippen LogP contribution in [-0.4, -0.2) is 34.0 Å². The summed E-state index contributed by atoms with van der Waals surface area (Å²) in [6.45, 7) is 3.39. The molecule has 1 N–H and O–H groups in total. The molecule has 86 valence electrons. The van der Waals surface area contributed by atoms with E-state index in [2.05, 4.69) is 4.98 Å². The molecule has 1 heterocycles. The van der Waals surface area contributed by atoms with Crippen molar-refractivity contribution in [3.05, 3.63) is 24.0 Å². The second-order valence-corrected chi connectivity index (χ2v) is 4.16. The number of carbonyl (C=O) groups is 1. The van der Waals surface area contributed by atoms with Crippen molar-refractivity contribution >= 4 is 5.91 Å². The summed E-state index contributed by atoms with van der Waals surface area (Å²) in [5, 5.41) is 9.57. The number of carbonyl (C=O) groups excluding carboxylic acids is 1. The molecule has 0 saturated heterocycles. The summed E-state index contributed by atoms with van der Waals surface area (Å²) in [5.41, 5.74) is 0.157. The summed E-state index contributed by atoms with van der Waals surface area (Å²) in [6, 6.07) is 3.11. The number of nitrogens with zero attached hydrogens (tertiary/aromatic N) is 2. The van der Waals surface area contributed by atoms with Crippen LogP contribution in [0.4, 0.5) is 0 Å². The topological polar surface area (TPSA) is 53.4 Å². The summed E-state index contributed by atoms with van der Waals surface area (Å²) < 4.78 is 0. The van der Waals surface area contributed by atoms with E-state index in [0.717, 1.165) is 6.54 Å². The van der Waals surface area contributed by atoms with E-state index in [-0.39, 0.29) is 17.4 Å². The molecule has 0 radical (unpaired) electrons. The molecule has 0 atom stereocenters. The molecular weight excluding hydrogens is 204 g/mol. The second kappa shape index (κ2) is 4.51. The standard InChI is InChI=1S/C12H16N2O2/c1-2-14(8-9-5-6-9)12(16)11-10(15)4-3-7-13-11/h3-4,7,9,15H,2,5-6,8H2,1H3. The number of aromatic hydroxyl groups is 1. The molecule has 1 aliphatic rings. The maximum Gasteiger partial charge on any atom is 0.276 e. The van der Waals surface area contributed by atoms with Crippen LogP contribution in [0.3, 0.4) is 0 Å². The second-order valence-electron chi connectivity index (χ2n) is 4.16. The van der Waals surface area contributed by atoms with Gasteiger partial charge in [-0.3, -0.25) is 4.79 Å². The first-order valence-electron chi connectivity index (χ1n) is 5.65. The van der Waals surface area contributed by atoms with Crippen LogP contribution >= 0.6 is 0 Å². The monoisotopic (exact) mass is 220 g/mol. The largest absolute Gasteiger partial charge is 0.505 e. The molecule has 2 rings (SSSR count). The summed E-state index contributed by atoms with van der Waals surface area (Å²) in [5.74, 6) is 0.434. The molecule has 16 heavy (non-hydrogen) atoms. The first-order valence-corrected chi connectivity index (χ1v) is 5.65. The minimum Gasteiger partial charge on any atom is -0.505 e. The van der Waals surface area contributed by atoms with E-state index in [4.69, 9.17) is 0 Å². The molecule has 1 saturated carbocycles. The molecule has 1 aromatic rings. The Bertz CT molecular complexity index is 388. The van der Waals surface area contributed by atoms with E-state index >= 15 is 0 Å². The van der Waals surface area contributed by atoms with Crippen LogP contribution in [0.15, 0.2) is 18.3 Å². The molecule has 1 fully saturated rings. The van der Waals surface area contributed by atoms with Crippen LogP contribution in [0, 0.1) is 5.92 Å². The number of amides is 1. The van der Waals surface area contributed by atoms with Crippen molar-refractivity contribution in [1.29, 1.82) is 0 Å². The van der Waals surface area contributed by atoms with Crippen molar-refractivity contribution in [3.8, 4) is 5.75 Å². The Hall–Kier alpha value is -1.58.